The fraction of sp³-hybridized carbons (Fsp3) is 0.450. The first-order chi connectivity index (χ1) is 13.0. The van der Waals surface area contributed by atoms with Gasteiger partial charge in [-0.1, -0.05) is 29.8 Å². The molecule has 0 unspecified atom stereocenters. The van der Waals surface area contributed by atoms with Crippen LogP contribution in [0.3, 0.4) is 0 Å². The Morgan fingerprint density at radius 2 is 1.96 bits per heavy atom. The second-order valence-electron chi connectivity index (χ2n) is 6.75. The van der Waals surface area contributed by atoms with E-state index < -0.39 is 0 Å². The maximum absolute atomic E-state index is 12.3. The van der Waals surface area contributed by atoms with Gasteiger partial charge < -0.3 is 10.1 Å². The van der Waals surface area contributed by atoms with Gasteiger partial charge in [-0.3, -0.25) is 14.5 Å². The maximum atomic E-state index is 12.3. The third kappa shape index (κ3) is 5.37. The van der Waals surface area contributed by atoms with E-state index in [0.29, 0.717) is 18.3 Å². The Kier molecular flexibility index (Phi) is 6.58. The van der Waals surface area contributed by atoms with E-state index in [-0.39, 0.29) is 17.8 Å². The molecule has 0 atom stereocenters. The predicted molar refractivity (Wildman–Crippen MR) is 107 cm³/mol. The molecule has 0 spiro atoms. The monoisotopic (exact) mass is 387 g/mol. The second-order valence-corrected chi connectivity index (χ2v) is 7.61. The average Bonchev–Trinajstić information content (AvgIpc) is 3.11. The van der Waals surface area contributed by atoms with Crippen molar-refractivity contribution in [2.45, 2.75) is 26.7 Å². The third-order valence-electron chi connectivity index (χ3n) is 4.67. The molecule has 27 heavy (non-hydrogen) atoms. The zero-order valence-electron chi connectivity index (χ0n) is 15.7. The summed E-state index contributed by atoms with van der Waals surface area (Å²) >= 11 is 1.43. The Labute approximate surface area is 163 Å². The van der Waals surface area contributed by atoms with Crippen molar-refractivity contribution in [3.8, 4) is 11.3 Å². The number of nitrogens with one attached hydrogen (secondary N) is 1. The van der Waals surface area contributed by atoms with E-state index in [2.05, 4.69) is 15.2 Å². The summed E-state index contributed by atoms with van der Waals surface area (Å²) in [5.74, 6) is -0.234. The lowest BCUT2D eigenvalue weighted by molar-refractivity contribution is -0.149. The summed E-state index contributed by atoms with van der Waals surface area (Å²) in [5.41, 5.74) is 3.11. The molecule has 2 aromatic rings. The van der Waals surface area contributed by atoms with Gasteiger partial charge in [-0.2, -0.15) is 0 Å². The standard InChI is InChI=1S/C20H25N3O3S/c1-3-26-19(25)16-8-10-23(11-9-16)12-18(24)22-20-21-17(13-27-20)15-6-4-14(2)5-7-15/h4-7,13,16H,3,8-12H2,1-2H3,(H,21,22,24). The number of carbonyl (C=O) groups is 2. The number of likely N-dealkylation sites (tertiary alicyclic amines) is 1. The van der Waals surface area contributed by atoms with Crippen LogP contribution in [0.4, 0.5) is 5.13 Å². The molecule has 1 aromatic heterocycles. The van der Waals surface area contributed by atoms with E-state index in [1.165, 1.54) is 16.9 Å². The zero-order valence-corrected chi connectivity index (χ0v) is 16.6. The molecule has 3 rings (SSSR count). The molecule has 1 saturated heterocycles. The molecule has 1 aromatic carbocycles. The van der Waals surface area contributed by atoms with E-state index in [1.807, 2.05) is 43.5 Å². The van der Waals surface area contributed by atoms with Crippen LogP contribution in [0, 0.1) is 12.8 Å². The van der Waals surface area contributed by atoms with Crippen molar-refractivity contribution in [3.63, 3.8) is 0 Å². The molecule has 1 aliphatic rings. The summed E-state index contributed by atoms with van der Waals surface area (Å²) in [6, 6.07) is 8.16. The van der Waals surface area contributed by atoms with Gasteiger partial charge >= 0.3 is 5.97 Å². The van der Waals surface area contributed by atoms with E-state index in [9.17, 15) is 9.59 Å². The minimum absolute atomic E-state index is 0.0414. The molecule has 1 aliphatic heterocycles. The topological polar surface area (TPSA) is 71.5 Å². The molecule has 1 amide bonds. The normalized spacial score (nSPS) is 15.5. The number of esters is 1. The van der Waals surface area contributed by atoms with Crippen LogP contribution in [0.15, 0.2) is 29.6 Å². The van der Waals surface area contributed by atoms with E-state index >= 15 is 0 Å². The van der Waals surface area contributed by atoms with Gasteiger partial charge in [0.2, 0.25) is 5.91 Å². The number of aryl methyl sites for hydroxylation is 1. The van der Waals surface area contributed by atoms with Gasteiger partial charge in [0, 0.05) is 10.9 Å². The number of rotatable bonds is 6. The molecule has 6 nitrogen and oxygen atoms in total. The van der Waals surface area contributed by atoms with Crippen molar-refractivity contribution in [3.05, 3.63) is 35.2 Å². The first-order valence-electron chi connectivity index (χ1n) is 9.26. The van der Waals surface area contributed by atoms with Crippen LogP contribution < -0.4 is 5.32 Å². The number of nitrogens with zero attached hydrogens (tertiary/aromatic N) is 2. The molecule has 0 aliphatic carbocycles. The van der Waals surface area contributed by atoms with E-state index in [1.54, 1.807) is 0 Å². The molecule has 0 bridgehead atoms. The van der Waals surface area contributed by atoms with Gasteiger partial charge in [-0.05, 0) is 39.8 Å². The fourth-order valence-electron chi connectivity index (χ4n) is 3.14. The first kappa shape index (κ1) is 19.5. The fourth-order valence-corrected chi connectivity index (χ4v) is 3.87. The molecular formula is C20H25N3O3S. The highest BCUT2D eigenvalue weighted by molar-refractivity contribution is 7.14. The minimum atomic E-state index is -0.118. The molecule has 7 heteroatoms. The van der Waals surface area contributed by atoms with Crippen molar-refractivity contribution >= 4 is 28.3 Å². The number of amides is 1. The predicted octanol–water partition coefficient (Wildman–Crippen LogP) is 3.33. The first-order valence-corrected chi connectivity index (χ1v) is 10.1. The third-order valence-corrected chi connectivity index (χ3v) is 5.43. The summed E-state index contributed by atoms with van der Waals surface area (Å²) in [5, 5.41) is 5.44. The molecule has 0 saturated carbocycles. The zero-order chi connectivity index (χ0) is 19.2. The van der Waals surface area contributed by atoms with Crippen molar-refractivity contribution < 1.29 is 14.3 Å². The van der Waals surface area contributed by atoms with Gasteiger partial charge in [0.05, 0.1) is 24.8 Å². The van der Waals surface area contributed by atoms with E-state index in [0.717, 1.165) is 37.2 Å². The van der Waals surface area contributed by atoms with Gasteiger partial charge in [-0.15, -0.1) is 11.3 Å². The van der Waals surface area contributed by atoms with Crippen molar-refractivity contribution in [2.75, 3.05) is 31.6 Å². The minimum Gasteiger partial charge on any atom is -0.466 e. The molecular weight excluding hydrogens is 362 g/mol. The summed E-state index contributed by atoms with van der Waals surface area (Å²) < 4.78 is 5.08. The van der Waals surface area contributed by atoms with Crippen LogP contribution in [0.2, 0.25) is 0 Å². The van der Waals surface area contributed by atoms with Crippen LogP contribution in [0.1, 0.15) is 25.3 Å². The number of ether oxygens (including phenoxy) is 1. The summed E-state index contributed by atoms with van der Waals surface area (Å²) in [7, 11) is 0. The molecule has 144 valence electrons. The number of hydrogen-bond acceptors (Lipinski definition) is 6. The number of anilines is 1. The molecule has 0 radical (unpaired) electrons. The van der Waals surface area contributed by atoms with Gasteiger partial charge in [0.25, 0.3) is 0 Å². The molecule has 1 fully saturated rings. The van der Waals surface area contributed by atoms with Crippen LogP contribution in [0.5, 0.6) is 0 Å². The summed E-state index contributed by atoms with van der Waals surface area (Å²) in [4.78, 5) is 30.7. The quantitative estimate of drug-likeness (QED) is 0.770. The average molecular weight is 388 g/mol. The lowest BCUT2D eigenvalue weighted by atomic mass is 9.97. The van der Waals surface area contributed by atoms with Crippen LogP contribution in [-0.2, 0) is 14.3 Å². The van der Waals surface area contributed by atoms with Crippen molar-refractivity contribution in [2.24, 2.45) is 5.92 Å². The lowest BCUT2D eigenvalue weighted by Gasteiger charge is -2.30. The van der Waals surface area contributed by atoms with Crippen LogP contribution >= 0.6 is 11.3 Å². The number of piperidine rings is 1. The Balaban J connectivity index is 1.48. The smallest absolute Gasteiger partial charge is 0.309 e. The Morgan fingerprint density at radius 3 is 2.63 bits per heavy atom. The van der Waals surface area contributed by atoms with Crippen LogP contribution in [0.25, 0.3) is 11.3 Å². The van der Waals surface area contributed by atoms with Crippen molar-refractivity contribution in [1.82, 2.24) is 9.88 Å². The second kappa shape index (κ2) is 9.10. The number of aromatic nitrogens is 1. The number of hydrogen-bond donors (Lipinski definition) is 1. The highest BCUT2D eigenvalue weighted by Gasteiger charge is 2.26. The number of benzene rings is 1. The van der Waals surface area contributed by atoms with E-state index in [4.69, 9.17) is 4.74 Å². The van der Waals surface area contributed by atoms with Crippen molar-refractivity contribution in [1.29, 1.82) is 0 Å². The molecule has 1 N–H and O–H groups in total. The largest absolute Gasteiger partial charge is 0.466 e. The Morgan fingerprint density at radius 1 is 1.26 bits per heavy atom. The maximum Gasteiger partial charge on any atom is 0.309 e. The van der Waals surface area contributed by atoms with Gasteiger partial charge in [0.1, 0.15) is 0 Å². The Hall–Kier alpha value is -2.25. The number of carbonyl (C=O) groups excluding carboxylic acids is 2. The summed E-state index contributed by atoms with van der Waals surface area (Å²) in [6.45, 7) is 6.05. The van der Waals surface area contributed by atoms with Gasteiger partial charge in [-0.25, -0.2) is 4.98 Å². The number of thiazole rings is 1. The Bertz CT molecular complexity index is 780. The summed E-state index contributed by atoms with van der Waals surface area (Å²) in [6.07, 6.45) is 1.47. The highest BCUT2D eigenvalue weighted by atomic mass is 32.1. The van der Waals surface area contributed by atoms with Gasteiger partial charge in [0.15, 0.2) is 5.13 Å². The molecule has 2 heterocycles. The highest BCUT2D eigenvalue weighted by Crippen LogP contribution is 2.25. The van der Waals surface area contributed by atoms with Crippen LogP contribution in [-0.4, -0.2) is 48.0 Å². The lowest BCUT2D eigenvalue weighted by Crippen LogP contribution is -2.41. The SMILES string of the molecule is CCOC(=O)C1CCN(CC(=O)Nc2nc(-c3ccc(C)cc3)cs2)CC1.